The van der Waals surface area contributed by atoms with Crippen LogP contribution in [0.15, 0.2) is 71.3 Å². The van der Waals surface area contributed by atoms with Crippen LogP contribution in [0.5, 0.6) is 0 Å². The molecule has 2 amide bonds. The Morgan fingerprint density at radius 3 is 2.46 bits per heavy atom. The minimum absolute atomic E-state index is 0.00419. The number of halogens is 1. The van der Waals surface area contributed by atoms with E-state index in [1.165, 1.54) is 18.4 Å². The van der Waals surface area contributed by atoms with Crippen LogP contribution in [0.4, 0.5) is 10.1 Å². The Hall–Kier alpha value is -3.41. The molecule has 2 N–H and O–H groups in total. The van der Waals surface area contributed by atoms with Crippen molar-refractivity contribution in [1.29, 1.82) is 0 Å². The minimum Gasteiger partial charge on any atom is -0.459 e. The van der Waals surface area contributed by atoms with Gasteiger partial charge in [-0.1, -0.05) is 24.3 Å². The van der Waals surface area contributed by atoms with Crippen LogP contribution in [0.1, 0.15) is 34.0 Å². The van der Waals surface area contributed by atoms with E-state index in [1.807, 2.05) is 12.1 Å². The Morgan fingerprint density at radius 1 is 1.04 bits per heavy atom. The van der Waals surface area contributed by atoms with Crippen LogP contribution in [0.25, 0.3) is 0 Å². The Kier molecular flexibility index (Phi) is 4.93. The van der Waals surface area contributed by atoms with Crippen molar-refractivity contribution in [2.75, 3.05) is 5.32 Å². The smallest absolute Gasteiger partial charge is 0.291 e. The molecule has 1 aliphatic carbocycles. The Balaban J connectivity index is 1.26. The first-order valence-corrected chi connectivity index (χ1v) is 9.07. The largest absolute Gasteiger partial charge is 0.459 e. The van der Waals surface area contributed by atoms with Gasteiger partial charge in [0.25, 0.3) is 5.91 Å². The molecule has 0 unspecified atom stereocenters. The SMILES string of the molecule is O=C(Nc1ccc(CNC(=O)[C@H]2C[C@H]2c2ccc(F)cc2)cc1)c1ccco1. The maximum Gasteiger partial charge on any atom is 0.291 e. The van der Waals surface area contributed by atoms with E-state index in [9.17, 15) is 14.0 Å². The molecule has 1 heterocycles. The highest BCUT2D eigenvalue weighted by Crippen LogP contribution is 2.47. The number of hydrogen-bond donors (Lipinski definition) is 2. The molecule has 0 radical (unpaired) electrons. The van der Waals surface area contributed by atoms with Gasteiger partial charge in [0.05, 0.1) is 6.26 Å². The van der Waals surface area contributed by atoms with Gasteiger partial charge in [0.15, 0.2) is 5.76 Å². The molecule has 28 heavy (non-hydrogen) atoms. The molecule has 0 bridgehead atoms. The standard InChI is InChI=1S/C22H19FN2O3/c23-16-7-5-15(6-8-16)18-12-19(18)21(26)24-13-14-3-9-17(10-4-14)25-22(27)20-2-1-11-28-20/h1-11,18-19H,12-13H2,(H,24,26)(H,25,27)/t18-,19-/m0/s1. The van der Waals surface area contributed by atoms with Crippen molar-refractivity contribution in [3.8, 4) is 0 Å². The molecule has 1 aromatic heterocycles. The maximum atomic E-state index is 13.0. The Labute approximate surface area is 161 Å². The highest BCUT2D eigenvalue weighted by atomic mass is 19.1. The van der Waals surface area contributed by atoms with E-state index < -0.39 is 0 Å². The van der Waals surface area contributed by atoms with Gasteiger partial charge in [0.2, 0.25) is 5.91 Å². The molecule has 1 saturated carbocycles. The fraction of sp³-hybridized carbons (Fsp3) is 0.182. The number of hydrogen-bond acceptors (Lipinski definition) is 3. The molecular weight excluding hydrogens is 359 g/mol. The monoisotopic (exact) mass is 378 g/mol. The topological polar surface area (TPSA) is 71.3 Å². The molecule has 5 nitrogen and oxygen atoms in total. The summed E-state index contributed by atoms with van der Waals surface area (Å²) in [4.78, 5) is 24.3. The second kappa shape index (κ2) is 7.68. The van der Waals surface area contributed by atoms with E-state index in [2.05, 4.69) is 10.6 Å². The number of amides is 2. The molecule has 142 valence electrons. The van der Waals surface area contributed by atoms with Crippen LogP contribution < -0.4 is 10.6 Å². The third kappa shape index (κ3) is 4.11. The zero-order valence-corrected chi connectivity index (χ0v) is 15.0. The summed E-state index contributed by atoms with van der Waals surface area (Å²) in [7, 11) is 0. The molecule has 1 fully saturated rings. The first-order chi connectivity index (χ1) is 13.6. The normalized spacial score (nSPS) is 17.8. The number of nitrogens with one attached hydrogen (secondary N) is 2. The lowest BCUT2D eigenvalue weighted by atomic mass is 10.1. The van der Waals surface area contributed by atoms with Crippen molar-refractivity contribution >= 4 is 17.5 Å². The van der Waals surface area contributed by atoms with Crippen molar-refractivity contribution in [3.63, 3.8) is 0 Å². The van der Waals surface area contributed by atoms with Crippen LogP contribution in [0.2, 0.25) is 0 Å². The Morgan fingerprint density at radius 2 is 1.79 bits per heavy atom. The highest BCUT2D eigenvalue weighted by Gasteiger charge is 2.43. The average molecular weight is 378 g/mol. The van der Waals surface area contributed by atoms with Crippen molar-refractivity contribution in [3.05, 3.63) is 89.6 Å². The molecule has 0 saturated heterocycles. The zero-order chi connectivity index (χ0) is 19.5. The first kappa shape index (κ1) is 18.0. The molecule has 3 aromatic rings. The first-order valence-electron chi connectivity index (χ1n) is 9.07. The van der Waals surface area contributed by atoms with E-state index in [4.69, 9.17) is 4.42 Å². The maximum absolute atomic E-state index is 13.0. The van der Waals surface area contributed by atoms with Gasteiger partial charge in [-0.15, -0.1) is 0 Å². The molecule has 6 heteroatoms. The fourth-order valence-corrected chi connectivity index (χ4v) is 3.19. The molecule has 2 aromatic carbocycles. The van der Waals surface area contributed by atoms with E-state index in [0.29, 0.717) is 12.2 Å². The summed E-state index contributed by atoms with van der Waals surface area (Å²) in [6.45, 7) is 0.415. The number of anilines is 1. The van der Waals surface area contributed by atoms with Crippen LogP contribution in [0, 0.1) is 11.7 Å². The Bertz CT molecular complexity index is 966. The summed E-state index contributed by atoms with van der Waals surface area (Å²) >= 11 is 0. The van der Waals surface area contributed by atoms with Crippen LogP contribution in [-0.4, -0.2) is 11.8 Å². The van der Waals surface area contributed by atoms with Crippen LogP contribution >= 0.6 is 0 Å². The molecular formula is C22H19FN2O3. The molecule has 0 spiro atoms. The average Bonchev–Trinajstić information content (AvgIpc) is 3.31. The van der Waals surface area contributed by atoms with E-state index in [-0.39, 0.29) is 35.2 Å². The summed E-state index contributed by atoms with van der Waals surface area (Å²) in [6.07, 6.45) is 2.23. The lowest BCUT2D eigenvalue weighted by Gasteiger charge is -2.07. The third-order valence-electron chi connectivity index (χ3n) is 4.85. The second-order valence-electron chi connectivity index (χ2n) is 6.85. The third-order valence-corrected chi connectivity index (χ3v) is 4.85. The predicted octanol–water partition coefficient (Wildman–Crippen LogP) is 4.09. The lowest BCUT2D eigenvalue weighted by molar-refractivity contribution is -0.122. The molecule has 0 aliphatic heterocycles. The second-order valence-corrected chi connectivity index (χ2v) is 6.85. The van der Waals surface area contributed by atoms with E-state index in [1.54, 1.807) is 36.4 Å². The summed E-state index contributed by atoms with van der Waals surface area (Å²) < 4.78 is 18.1. The van der Waals surface area contributed by atoms with Crippen molar-refractivity contribution < 1.29 is 18.4 Å². The van der Waals surface area contributed by atoms with E-state index in [0.717, 1.165) is 17.5 Å². The zero-order valence-electron chi connectivity index (χ0n) is 15.0. The van der Waals surface area contributed by atoms with Crippen LogP contribution in [-0.2, 0) is 11.3 Å². The molecule has 1 aliphatic rings. The van der Waals surface area contributed by atoms with E-state index >= 15 is 0 Å². The van der Waals surface area contributed by atoms with Crippen molar-refractivity contribution in [2.24, 2.45) is 5.92 Å². The van der Waals surface area contributed by atoms with Gasteiger partial charge in [0.1, 0.15) is 5.82 Å². The fourth-order valence-electron chi connectivity index (χ4n) is 3.19. The predicted molar refractivity (Wildman–Crippen MR) is 102 cm³/mol. The summed E-state index contributed by atoms with van der Waals surface area (Å²) in [5, 5.41) is 5.69. The lowest BCUT2D eigenvalue weighted by Crippen LogP contribution is -2.24. The summed E-state index contributed by atoms with van der Waals surface area (Å²) in [6, 6.07) is 16.8. The van der Waals surface area contributed by atoms with Gasteiger partial charge in [-0.25, -0.2) is 4.39 Å². The minimum atomic E-state index is -0.313. The molecule has 4 rings (SSSR count). The number of rotatable bonds is 6. The highest BCUT2D eigenvalue weighted by molar-refractivity contribution is 6.02. The van der Waals surface area contributed by atoms with Gasteiger partial charge in [-0.3, -0.25) is 9.59 Å². The van der Waals surface area contributed by atoms with Gasteiger partial charge < -0.3 is 15.1 Å². The molecule has 2 atom stereocenters. The number of benzene rings is 2. The van der Waals surface area contributed by atoms with Gasteiger partial charge in [-0.05, 0) is 59.9 Å². The van der Waals surface area contributed by atoms with Crippen LogP contribution in [0.3, 0.4) is 0 Å². The quantitative estimate of drug-likeness (QED) is 0.679. The number of furan rings is 1. The number of carbonyl (C=O) groups excluding carboxylic acids is 2. The summed E-state index contributed by atoms with van der Waals surface area (Å²) in [5.41, 5.74) is 2.58. The van der Waals surface area contributed by atoms with Crippen molar-refractivity contribution in [2.45, 2.75) is 18.9 Å². The van der Waals surface area contributed by atoms with Gasteiger partial charge in [0, 0.05) is 18.2 Å². The number of carbonyl (C=O) groups is 2. The van der Waals surface area contributed by atoms with Gasteiger partial charge >= 0.3 is 0 Å². The van der Waals surface area contributed by atoms with Crippen molar-refractivity contribution in [1.82, 2.24) is 5.32 Å². The summed E-state index contributed by atoms with van der Waals surface area (Å²) in [5.74, 6) is -0.223. The van der Waals surface area contributed by atoms with Gasteiger partial charge in [-0.2, -0.15) is 0 Å².